The fourth-order valence-electron chi connectivity index (χ4n) is 2.29. The summed E-state index contributed by atoms with van der Waals surface area (Å²) in [4.78, 5) is 5.21. The van der Waals surface area contributed by atoms with Crippen LogP contribution in [-0.4, -0.2) is 15.6 Å². The van der Waals surface area contributed by atoms with Crippen LogP contribution in [-0.2, 0) is 6.54 Å². The monoisotopic (exact) mass is 321 g/mol. The van der Waals surface area contributed by atoms with Gasteiger partial charge in [0.1, 0.15) is 11.8 Å². The fourth-order valence-corrected chi connectivity index (χ4v) is 3.42. The first kappa shape index (κ1) is 14.4. The highest BCUT2D eigenvalue weighted by molar-refractivity contribution is 7.16. The van der Waals surface area contributed by atoms with Gasteiger partial charge in [0.2, 0.25) is 0 Å². The number of imidazole rings is 1. The van der Waals surface area contributed by atoms with E-state index in [2.05, 4.69) is 21.8 Å². The minimum Gasteiger partial charge on any atom is -0.467 e. The molecular formula is C15H16ClN3OS. The minimum atomic E-state index is 0.0102. The first-order valence-corrected chi connectivity index (χ1v) is 7.92. The Kier molecular flexibility index (Phi) is 4.43. The van der Waals surface area contributed by atoms with Crippen molar-refractivity contribution in [3.05, 3.63) is 64.2 Å². The SMILES string of the molecule is CC(Cn1ccnc1)NC(c1ccco1)c1ccc(Cl)s1. The predicted octanol–water partition coefficient (Wildman–Crippen LogP) is 3.96. The van der Waals surface area contributed by atoms with Gasteiger partial charge in [-0.25, -0.2) is 4.98 Å². The number of aromatic nitrogens is 2. The highest BCUT2D eigenvalue weighted by Crippen LogP contribution is 2.31. The van der Waals surface area contributed by atoms with Crippen molar-refractivity contribution >= 4 is 22.9 Å². The molecule has 3 aromatic rings. The Hall–Kier alpha value is -1.56. The Morgan fingerprint density at radius 1 is 1.43 bits per heavy atom. The molecule has 6 heteroatoms. The maximum Gasteiger partial charge on any atom is 0.126 e. The lowest BCUT2D eigenvalue weighted by Gasteiger charge is -2.21. The summed E-state index contributed by atoms with van der Waals surface area (Å²) < 4.78 is 8.41. The lowest BCUT2D eigenvalue weighted by molar-refractivity contribution is 0.394. The largest absolute Gasteiger partial charge is 0.467 e. The van der Waals surface area contributed by atoms with Crippen LogP contribution in [0, 0.1) is 0 Å². The van der Waals surface area contributed by atoms with Crippen LogP contribution in [0.15, 0.2) is 53.7 Å². The quantitative estimate of drug-likeness (QED) is 0.747. The molecule has 1 N–H and O–H groups in total. The zero-order valence-electron chi connectivity index (χ0n) is 11.6. The first-order valence-electron chi connectivity index (χ1n) is 6.73. The number of nitrogens with zero attached hydrogens (tertiary/aromatic N) is 2. The lowest BCUT2D eigenvalue weighted by Crippen LogP contribution is -2.33. The van der Waals surface area contributed by atoms with Crippen LogP contribution >= 0.6 is 22.9 Å². The zero-order chi connectivity index (χ0) is 14.7. The number of halogens is 1. The van der Waals surface area contributed by atoms with Crippen LogP contribution in [0.5, 0.6) is 0 Å². The molecule has 0 spiro atoms. The van der Waals surface area contributed by atoms with Gasteiger partial charge in [-0.2, -0.15) is 0 Å². The van der Waals surface area contributed by atoms with Crippen LogP contribution in [0.25, 0.3) is 0 Å². The van der Waals surface area contributed by atoms with E-state index in [9.17, 15) is 0 Å². The second-order valence-corrected chi connectivity index (χ2v) is 6.66. The Labute approximate surface area is 132 Å². The van der Waals surface area contributed by atoms with Gasteiger partial charge >= 0.3 is 0 Å². The van der Waals surface area contributed by atoms with Crippen LogP contribution in [0.3, 0.4) is 0 Å². The second-order valence-electron chi connectivity index (χ2n) is 4.92. The molecule has 0 saturated carbocycles. The van der Waals surface area contributed by atoms with Crippen LogP contribution < -0.4 is 5.32 Å². The van der Waals surface area contributed by atoms with Crippen molar-refractivity contribution in [3.63, 3.8) is 0 Å². The van der Waals surface area contributed by atoms with Gasteiger partial charge in [-0.3, -0.25) is 5.32 Å². The summed E-state index contributed by atoms with van der Waals surface area (Å²) in [6.45, 7) is 2.99. The van der Waals surface area contributed by atoms with Crippen molar-refractivity contribution in [1.29, 1.82) is 0 Å². The molecular weight excluding hydrogens is 306 g/mol. The van der Waals surface area contributed by atoms with Gasteiger partial charge in [0, 0.05) is 29.9 Å². The van der Waals surface area contributed by atoms with Gasteiger partial charge in [0.05, 0.1) is 16.9 Å². The molecule has 0 aromatic carbocycles. The molecule has 0 amide bonds. The normalized spacial score (nSPS) is 14.2. The third kappa shape index (κ3) is 3.56. The summed E-state index contributed by atoms with van der Waals surface area (Å²) in [5, 5.41) is 3.60. The van der Waals surface area contributed by atoms with Crippen molar-refractivity contribution in [2.45, 2.75) is 25.6 Å². The highest BCUT2D eigenvalue weighted by Gasteiger charge is 2.20. The van der Waals surface area contributed by atoms with Crippen molar-refractivity contribution in [3.8, 4) is 0 Å². The smallest absolute Gasteiger partial charge is 0.126 e. The Balaban J connectivity index is 1.76. The molecule has 2 atom stereocenters. The molecule has 0 radical (unpaired) electrons. The first-order chi connectivity index (χ1) is 10.2. The predicted molar refractivity (Wildman–Crippen MR) is 84.7 cm³/mol. The average molecular weight is 322 g/mol. The third-order valence-electron chi connectivity index (χ3n) is 3.20. The van der Waals surface area contributed by atoms with E-state index in [1.165, 1.54) is 0 Å². The number of hydrogen-bond acceptors (Lipinski definition) is 4. The molecule has 3 heterocycles. The molecule has 0 fully saturated rings. The van der Waals surface area contributed by atoms with Crippen molar-refractivity contribution in [2.24, 2.45) is 0 Å². The zero-order valence-corrected chi connectivity index (χ0v) is 13.1. The topological polar surface area (TPSA) is 43.0 Å². The molecule has 4 nitrogen and oxygen atoms in total. The maximum absolute atomic E-state index is 6.07. The Morgan fingerprint density at radius 2 is 2.33 bits per heavy atom. The summed E-state index contributed by atoms with van der Waals surface area (Å²) in [7, 11) is 0. The van der Waals surface area contributed by atoms with Gasteiger partial charge < -0.3 is 8.98 Å². The molecule has 0 aliphatic heterocycles. The molecule has 3 aromatic heterocycles. The van der Waals surface area contributed by atoms with E-state index < -0.39 is 0 Å². The lowest BCUT2D eigenvalue weighted by atomic mass is 10.1. The van der Waals surface area contributed by atoms with E-state index in [0.29, 0.717) is 0 Å². The van der Waals surface area contributed by atoms with E-state index in [1.54, 1.807) is 23.8 Å². The number of nitrogens with one attached hydrogen (secondary N) is 1. The number of furan rings is 1. The second kappa shape index (κ2) is 6.47. The van der Waals surface area contributed by atoms with Gasteiger partial charge in [0.25, 0.3) is 0 Å². The van der Waals surface area contributed by atoms with Crippen LogP contribution in [0.2, 0.25) is 4.34 Å². The number of hydrogen-bond donors (Lipinski definition) is 1. The van der Waals surface area contributed by atoms with E-state index in [0.717, 1.165) is 21.5 Å². The highest BCUT2D eigenvalue weighted by atomic mass is 35.5. The van der Waals surface area contributed by atoms with E-state index in [1.807, 2.05) is 36.8 Å². The van der Waals surface area contributed by atoms with Gasteiger partial charge in [-0.15, -0.1) is 11.3 Å². The molecule has 2 unspecified atom stereocenters. The summed E-state index contributed by atoms with van der Waals surface area (Å²) in [5.74, 6) is 0.894. The number of rotatable bonds is 6. The summed E-state index contributed by atoms with van der Waals surface area (Å²) in [6, 6.07) is 8.11. The molecule has 0 aliphatic rings. The van der Waals surface area contributed by atoms with E-state index >= 15 is 0 Å². The summed E-state index contributed by atoms with van der Waals surface area (Å²) in [6.07, 6.45) is 7.26. The third-order valence-corrected chi connectivity index (χ3v) is 4.50. The van der Waals surface area contributed by atoms with Crippen molar-refractivity contribution in [1.82, 2.24) is 14.9 Å². The van der Waals surface area contributed by atoms with E-state index in [-0.39, 0.29) is 12.1 Å². The molecule has 110 valence electrons. The summed E-state index contributed by atoms with van der Waals surface area (Å²) >= 11 is 7.63. The van der Waals surface area contributed by atoms with Crippen LogP contribution in [0.1, 0.15) is 23.6 Å². The van der Waals surface area contributed by atoms with Crippen LogP contribution in [0.4, 0.5) is 0 Å². The minimum absolute atomic E-state index is 0.0102. The summed E-state index contributed by atoms with van der Waals surface area (Å²) in [5.41, 5.74) is 0. The van der Waals surface area contributed by atoms with Crippen molar-refractivity contribution < 1.29 is 4.42 Å². The maximum atomic E-state index is 6.07. The number of thiophene rings is 1. The Morgan fingerprint density at radius 3 is 2.95 bits per heavy atom. The molecule has 3 rings (SSSR count). The molecule has 0 aliphatic carbocycles. The standard InChI is InChI=1S/C15H16ClN3OS/c1-11(9-19-7-6-17-10-19)18-15(12-3-2-8-20-12)13-4-5-14(16)21-13/h2-8,10-11,15,18H,9H2,1H3. The fraction of sp³-hybridized carbons (Fsp3) is 0.267. The van der Waals surface area contributed by atoms with E-state index in [4.69, 9.17) is 16.0 Å². The Bertz CT molecular complexity index is 663. The van der Waals surface area contributed by atoms with Gasteiger partial charge in [0.15, 0.2) is 0 Å². The molecule has 21 heavy (non-hydrogen) atoms. The molecule has 0 bridgehead atoms. The van der Waals surface area contributed by atoms with Gasteiger partial charge in [-0.05, 0) is 31.2 Å². The average Bonchev–Trinajstić information content (AvgIpc) is 3.18. The molecule has 0 saturated heterocycles. The van der Waals surface area contributed by atoms with Crippen molar-refractivity contribution in [2.75, 3.05) is 0 Å². The van der Waals surface area contributed by atoms with Gasteiger partial charge in [-0.1, -0.05) is 11.6 Å².